The van der Waals surface area contributed by atoms with E-state index in [0.717, 1.165) is 5.56 Å². The number of benzene rings is 1. The smallest absolute Gasteiger partial charge is 0.325 e. The second-order valence-corrected chi connectivity index (χ2v) is 4.06. The molecule has 0 aliphatic rings. The van der Waals surface area contributed by atoms with Crippen molar-refractivity contribution in [1.82, 2.24) is 5.32 Å². The molecule has 1 atom stereocenters. The minimum atomic E-state index is -1.10. The van der Waals surface area contributed by atoms with Gasteiger partial charge in [0.25, 0.3) is 5.91 Å². The van der Waals surface area contributed by atoms with Crippen LogP contribution >= 0.6 is 0 Å². The van der Waals surface area contributed by atoms with Gasteiger partial charge in [-0.05, 0) is 18.6 Å². The molecule has 1 aromatic heterocycles. The number of hydrogen-bond donors (Lipinski definition) is 2. The van der Waals surface area contributed by atoms with Gasteiger partial charge in [-0.15, -0.1) is 0 Å². The van der Waals surface area contributed by atoms with E-state index in [1.807, 2.05) is 30.3 Å². The number of hydrogen-bond acceptors (Lipinski definition) is 3. The Hall–Kier alpha value is -2.56. The van der Waals surface area contributed by atoms with E-state index in [1.165, 1.54) is 13.2 Å². The summed E-state index contributed by atoms with van der Waals surface area (Å²) in [5.41, 5.74) is 1.47. The molecule has 5 nitrogen and oxygen atoms in total. The van der Waals surface area contributed by atoms with E-state index in [4.69, 9.17) is 9.52 Å². The average molecular weight is 259 g/mol. The van der Waals surface area contributed by atoms with E-state index in [-0.39, 0.29) is 5.76 Å². The van der Waals surface area contributed by atoms with E-state index in [9.17, 15) is 9.59 Å². The van der Waals surface area contributed by atoms with Crippen molar-refractivity contribution in [1.29, 1.82) is 0 Å². The molecular weight excluding hydrogens is 246 g/mol. The summed E-state index contributed by atoms with van der Waals surface area (Å²) in [5, 5.41) is 11.1. The van der Waals surface area contributed by atoms with Gasteiger partial charge >= 0.3 is 5.97 Å². The van der Waals surface area contributed by atoms with Gasteiger partial charge < -0.3 is 14.8 Å². The number of carbonyl (C=O) groups excluding carboxylic acids is 1. The average Bonchev–Trinajstić information content (AvgIpc) is 2.88. The van der Waals surface area contributed by atoms with Gasteiger partial charge in [-0.3, -0.25) is 9.59 Å². The maximum Gasteiger partial charge on any atom is 0.325 e. The molecule has 19 heavy (non-hydrogen) atoms. The Kier molecular flexibility index (Phi) is 3.66. The van der Waals surface area contributed by atoms with Crippen molar-refractivity contribution in [2.24, 2.45) is 0 Å². The maximum atomic E-state index is 11.9. The van der Waals surface area contributed by atoms with Gasteiger partial charge in [-0.2, -0.15) is 0 Å². The Morgan fingerprint density at radius 1 is 1.21 bits per heavy atom. The summed E-state index contributed by atoms with van der Waals surface area (Å²) in [6, 6.07) is 9.98. The summed E-state index contributed by atoms with van der Waals surface area (Å²) in [4.78, 5) is 22.7. The lowest BCUT2D eigenvalue weighted by Gasteiger charge is -2.08. The fourth-order valence-electron chi connectivity index (χ4n) is 1.65. The van der Waals surface area contributed by atoms with Crippen molar-refractivity contribution >= 4 is 11.9 Å². The van der Waals surface area contributed by atoms with Gasteiger partial charge in [0, 0.05) is 5.56 Å². The van der Waals surface area contributed by atoms with Crippen molar-refractivity contribution in [2.75, 3.05) is 0 Å². The molecule has 98 valence electrons. The third-order valence-electron chi connectivity index (χ3n) is 2.67. The number of amides is 1. The van der Waals surface area contributed by atoms with E-state index < -0.39 is 17.9 Å². The van der Waals surface area contributed by atoms with Crippen LogP contribution < -0.4 is 5.32 Å². The minimum absolute atomic E-state index is 0.110. The van der Waals surface area contributed by atoms with Crippen LogP contribution in [0.1, 0.15) is 17.5 Å². The van der Waals surface area contributed by atoms with Crippen LogP contribution in [0.25, 0.3) is 11.1 Å². The van der Waals surface area contributed by atoms with Crippen LogP contribution in [0, 0.1) is 0 Å². The molecule has 2 N–H and O–H groups in total. The fourth-order valence-corrected chi connectivity index (χ4v) is 1.65. The molecular formula is C14H13NO4. The second-order valence-electron chi connectivity index (χ2n) is 4.06. The lowest BCUT2D eigenvalue weighted by atomic mass is 10.1. The lowest BCUT2D eigenvalue weighted by molar-refractivity contribution is -0.138. The van der Waals surface area contributed by atoms with Crippen LogP contribution in [0.5, 0.6) is 0 Å². The van der Waals surface area contributed by atoms with E-state index >= 15 is 0 Å². The molecule has 0 aliphatic heterocycles. The highest BCUT2D eigenvalue weighted by molar-refractivity contribution is 5.99. The van der Waals surface area contributed by atoms with Crippen molar-refractivity contribution < 1.29 is 19.1 Å². The van der Waals surface area contributed by atoms with Crippen LogP contribution in [-0.4, -0.2) is 23.0 Å². The van der Waals surface area contributed by atoms with Crippen LogP contribution in [0.2, 0.25) is 0 Å². The first kappa shape index (κ1) is 12.9. The lowest BCUT2D eigenvalue weighted by Crippen LogP contribution is -2.38. The minimum Gasteiger partial charge on any atom is -0.480 e. The molecule has 0 spiro atoms. The highest BCUT2D eigenvalue weighted by Gasteiger charge is 2.20. The molecule has 1 aromatic carbocycles. The number of carboxylic acid groups (broad SMARTS) is 1. The number of carbonyl (C=O) groups is 2. The van der Waals surface area contributed by atoms with Gasteiger partial charge in [0.15, 0.2) is 5.76 Å². The predicted molar refractivity (Wildman–Crippen MR) is 68.7 cm³/mol. The summed E-state index contributed by atoms with van der Waals surface area (Å²) in [6.07, 6.45) is 1.41. The van der Waals surface area contributed by atoms with Crippen LogP contribution in [-0.2, 0) is 4.79 Å². The summed E-state index contributed by atoms with van der Waals surface area (Å²) < 4.78 is 5.16. The van der Waals surface area contributed by atoms with Gasteiger partial charge in [0.05, 0.1) is 6.26 Å². The first-order chi connectivity index (χ1) is 9.09. The highest BCUT2D eigenvalue weighted by atomic mass is 16.4. The Labute approximate surface area is 109 Å². The Bertz CT molecular complexity index is 589. The van der Waals surface area contributed by atoms with Crippen LogP contribution in [0.3, 0.4) is 0 Å². The predicted octanol–water partition coefficient (Wildman–Crippen LogP) is 2.15. The van der Waals surface area contributed by atoms with Crippen LogP contribution in [0.15, 0.2) is 47.1 Å². The maximum absolute atomic E-state index is 11.9. The molecule has 5 heteroatoms. The summed E-state index contributed by atoms with van der Waals surface area (Å²) >= 11 is 0. The molecule has 0 saturated carbocycles. The molecule has 0 unspecified atom stereocenters. The molecule has 1 heterocycles. The van der Waals surface area contributed by atoms with E-state index in [0.29, 0.717) is 5.56 Å². The summed E-state index contributed by atoms with van der Waals surface area (Å²) in [5.74, 6) is -1.53. The normalized spacial score (nSPS) is 11.8. The SMILES string of the molecule is C[C@H](NC(=O)c1occc1-c1ccccc1)C(=O)O. The van der Waals surface area contributed by atoms with Gasteiger partial charge in [-0.1, -0.05) is 30.3 Å². The quantitative estimate of drug-likeness (QED) is 0.881. The fraction of sp³-hybridized carbons (Fsp3) is 0.143. The zero-order valence-electron chi connectivity index (χ0n) is 10.3. The van der Waals surface area contributed by atoms with Crippen molar-refractivity contribution in [2.45, 2.75) is 13.0 Å². The largest absolute Gasteiger partial charge is 0.480 e. The zero-order valence-corrected chi connectivity index (χ0v) is 10.3. The standard InChI is InChI=1S/C14H13NO4/c1-9(14(17)18)15-13(16)12-11(7-8-19-12)10-5-3-2-4-6-10/h2-9H,1H3,(H,15,16)(H,17,18)/t9-/m0/s1. The van der Waals surface area contributed by atoms with E-state index in [1.54, 1.807) is 6.07 Å². The molecule has 2 rings (SSSR count). The molecule has 0 saturated heterocycles. The van der Waals surface area contributed by atoms with E-state index in [2.05, 4.69) is 5.32 Å². The van der Waals surface area contributed by atoms with Crippen LogP contribution in [0.4, 0.5) is 0 Å². The number of carboxylic acids is 1. The number of nitrogens with one attached hydrogen (secondary N) is 1. The van der Waals surface area contributed by atoms with Gasteiger partial charge in [0.1, 0.15) is 6.04 Å². The van der Waals surface area contributed by atoms with Crippen molar-refractivity contribution in [3.8, 4) is 11.1 Å². The molecule has 0 radical (unpaired) electrons. The first-order valence-electron chi connectivity index (χ1n) is 5.76. The highest BCUT2D eigenvalue weighted by Crippen LogP contribution is 2.24. The Morgan fingerprint density at radius 2 is 1.89 bits per heavy atom. The van der Waals surface area contributed by atoms with Crippen molar-refractivity contribution in [3.05, 3.63) is 48.4 Å². The first-order valence-corrected chi connectivity index (χ1v) is 5.76. The third kappa shape index (κ3) is 2.82. The molecule has 0 aliphatic carbocycles. The topological polar surface area (TPSA) is 79.5 Å². The number of rotatable bonds is 4. The molecule has 2 aromatic rings. The second kappa shape index (κ2) is 5.39. The number of aliphatic carboxylic acids is 1. The summed E-state index contributed by atoms with van der Waals surface area (Å²) in [6.45, 7) is 1.39. The molecule has 1 amide bonds. The Morgan fingerprint density at radius 3 is 2.53 bits per heavy atom. The molecule has 0 bridgehead atoms. The summed E-state index contributed by atoms with van der Waals surface area (Å²) in [7, 11) is 0. The monoisotopic (exact) mass is 259 g/mol. The van der Waals surface area contributed by atoms with Gasteiger partial charge in [0.2, 0.25) is 0 Å². The molecule has 0 fully saturated rings. The number of furan rings is 1. The van der Waals surface area contributed by atoms with Crippen molar-refractivity contribution in [3.63, 3.8) is 0 Å². The Balaban J connectivity index is 2.25. The third-order valence-corrected chi connectivity index (χ3v) is 2.67. The van der Waals surface area contributed by atoms with Gasteiger partial charge in [-0.25, -0.2) is 0 Å². The zero-order chi connectivity index (χ0) is 13.8.